The second kappa shape index (κ2) is 11.0. The maximum Gasteiger partial charge on any atom is 0.371 e. The summed E-state index contributed by atoms with van der Waals surface area (Å²) in [6.07, 6.45) is 4.68. The van der Waals surface area contributed by atoms with Crippen molar-refractivity contribution >= 4 is 23.8 Å². The number of rotatable bonds is 9. The van der Waals surface area contributed by atoms with E-state index in [1.165, 1.54) is 13.2 Å². The highest BCUT2D eigenvalue weighted by Gasteiger charge is 2.12. The van der Waals surface area contributed by atoms with Gasteiger partial charge in [0.15, 0.2) is 0 Å². The van der Waals surface area contributed by atoms with Gasteiger partial charge in [0.05, 0.1) is 7.11 Å². The van der Waals surface area contributed by atoms with Gasteiger partial charge in [-0.25, -0.2) is 9.59 Å². The molecule has 6 heteroatoms. The third kappa shape index (κ3) is 6.11. The zero-order valence-electron chi connectivity index (χ0n) is 18.1. The molecule has 2 aromatic carbocycles. The van der Waals surface area contributed by atoms with Gasteiger partial charge in [0, 0.05) is 19.3 Å². The Kier molecular flexibility index (Phi) is 8.47. The summed E-state index contributed by atoms with van der Waals surface area (Å²) in [5, 5.41) is 12.1. The Labute approximate surface area is 178 Å². The fourth-order valence-electron chi connectivity index (χ4n) is 3.15. The zero-order valence-corrected chi connectivity index (χ0v) is 18.1. The maximum atomic E-state index is 12.4. The first-order chi connectivity index (χ1) is 14.4. The molecular weight excluding hydrogens is 380 g/mol. The lowest BCUT2D eigenvalue weighted by atomic mass is 9.97. The number of aryl methyl sites for hydroxylation is 1. The quantitative estimate of drug-likeness (QED) is 0.344. The number of urea groups is 1. The van der Waals surface area contributed by atoms with Crippen LogP contribution in [0.5, 0.6) is 0 Å². The first-order valence-electron chi connectivity index (χ1n) is 10.1. The van der Waals surface area contributed by atoms with Crippen molar-refractivity contribution in [3.05, 3.63) is 59.4 Å². The molecule has 0 unspecified atom stereocenters. The molecule has 0 aromatic heterocycles. The van der Waals surface area contributed by atoms with Crippen molar-refractivity contribution in [3.8, 4) is 11.1 Å². The smallest absolute Gasteiger partial charge is 0.371 e. The minimum Gasteiger partial charge on any atom is -0.490 e. The Bertz CT molecular complexity index is 921. The second-order valence-corrected chi connectivity index (χ2v) is 7.14. The van der Waals surface area contributed by atoms with Gasteiger partial charge >= 0.3 is 12.0 Å². The maximum absolute atomic E-state index is 12.4. The highest BCUT2D eigenvalue weighted by atomic mass is 16.5. The molecule has 2 amide bonds. The number of unbranched alkanes of at least 4 members (excludes halogenated alkanes) is 2. The van der Waals surface area contributed by atoms with Crippen molar-refractivity contribution in [2.75, 3.05) is 25.6 Å². The van der Waals surface area contributed by atoms with Crippen LogP contribution in [-0.4, -0.2) is 37.8 Å². The summed E-state index contributed by atoms with van der Waals surface area (Å²) in [5.41, 5.74) is 4.54. The molecule has 0 heterocycles. The average molecular weight is 411 g/mol. The number of nitrogens with zero attached hydrogens (tertiary/aromatic N) is 1. The molecule has 0 radical (unpaired) electrons. The Balaban J connectivity index is 2.21. The first-order valence-corrected chi connectivity index (χ1v) is 10.1. The molecule has 0 fully saturated rings. The Morgan fingerprint density at radius 2 is 1.93 bits per heavy atom. The summed E-state index contributed by atoms with van der Waals surface area (Å²) in [7, 11) is 3.09. The van der Waals surface area contributed by atoms with Crippen LogP contribution in [0.15, 0.2) is 48.2 Å². The lowest BCUT2D eigenvalue weighted by molar-refractivity contribution is -0.135. The number of aliphatic carboxylic acids is 1. The number of methoxy groups -OCH3 is 1. The number of anilines is 1. The van der Waals surface area contributed by atoms with Gasteiger partial charge in [-0.2, -0.15) is 0 Å². The van der Waals surface area contributed by atoms with E-state index in [1.54, 1.807) is 11.9 Å². The van der Waals surface area contributed by atoms with E-state index in [1.807, 2.05) is 49.4 Å². The monoisotopic (exact) mass is 410 g/mol. The summed E-state index contributed by atoms with van der Waals surface area (Å²) in [6.45, 7) is 4.77. The number of hydrogen-bond donors (Lipinski definition) is 2. The standard InChI is InChI=1S/C24H30N2O4/c1-5-6-7-13-25-24(29)26(3)20-10-8-9-19(16-20)21-12-11-18(14-17(21)2)15-22(30-4)23(27)28/h8-12,14-16H,5-7,13H2,1-4H3,(H,25,29)(H,27,28)/b22-15-. The average Bonchev–Trinajstić information content (AvgIpc) is 2.74. The van der Waals surface area contributed by atoms with Crippen LogP contribution in [0.1, 0.15) is 37.3 Å². The molecule has 160 valence electrons. The van der Waals surface area contributed by atoms with Gasteiger partial charge in [-0.05, 0) is 53.8 Å². The molecule has 0 saturated carbocycles. The first kappa shape index (κ1) is 23.0. The Morgan fingerprint density at radius 1 is 1.17 bits per heavy atom. The summed E-state index contributed by atoms with van der Waals surface area (Å²) in [4.78, 5) is 25.1. The third-order valence-electron chi connectivity index (χ3n) is 4.88. The van der Waals surface area contributed by atoms with Crippen LogP contribution in [0.2, 0.25) is 0 Å². The largest absolute Gasteiger partial charge is 0.490 e. The van der Waals surface area contributed by atoms with Gasteiger partial charge in [-0.1, -0.05) is 50.1 Å². The number of nitrogens with one attached hydrogen (secondary N) is 1. The van der Waals surface area contributed by atoms with E-state index < -0.39 is 5.97 Å². The molecule has 0 spiro atoms. The van der Waals surface area contributed by atoms with E-state index in [9.17, 15) is 9.59 Å². The molecule has 2 N–H and O–H groups in total. The molecule has 2 aromatic rings. The van der Waals surface area contributed by atoms with E-state index in [0.717, 1.165) is 47.2 Å². The lowest BCUT2D eigenvalue weighted by Gasteiger charge is -2.19. The molecule has 0 bridgehead atoms. The molecule has 6 nitrogen and oxygen atoms in total. The summed E-state index contributed by atoms with van der Waals surface area (Å²) in [6, 6.07) is 13.4. The SMILES string of the molecule is CCCCCNC(=O)N(C)c1cccc(-c2ccc(/C=C(\OC)C(=O)O)cc2C)c1. The number of amides is 2. The molecule has 0 aliphatic rings. The van der Waals surface area contributed by atoms with Crippen LogP contribution in [0.3, 0.4) is 0 Å². The van der Waals surface area contributed by atoms with Gasteiger partial charge in [0.2, 0.25) is 5.76 Å². The normalized spacial score (nSPS) is 11.1. The van der Waals surface area contributed by atoms with Crippen molar-refractivity contribution in [2.24, 2.45) is 0 Å². The van der Waals surface area contributed by atoms with Crippen molar-refractivity contribution in [1.29, 1.82) is 0 Å². The van der Waals surface area contributed by atoms with Crippen molar-refractivity contribution in [3.63, 3.8) is 0 Å². The highest BCUT2D eigenvalue weighted by Crippen LogP contribution is 2.28. The number of carboxylic acids is 1. The van der Waals surface area contributed by atoms with E-state index in [-0.39, 0.29) is 11.8 Å². The lowest BCUT2D eigenvalue weighted by Crippen LogP contribution is -2.37. The highest BCUT2D eigenvalue weighted by molar-refractivity contribution is 5.92. The third-order valence-corrected chi connectivity index (χ3v) is 4.88. The number of benzene rings is 2. The Morgan fingerprint density at radius 3 is 2.57 bits per heavy atom. The van der Waals surface area contributed by atoms with E-state index in [4.69, 9.17) is 9.84 Å². The van der Waals surface area contributed by atoms with Gasteiger partial charge in [0.25, 0.3) is 0 Å². The zero-order chi connectivity index (χ0) is 22.1. The molecule has 0 atom stereocenters. The Hall–Kier alpha value is -3.28. The minimum atomic E-state index is -1.11. The van der Waals surface area contributed by atoms with E-state index in [2.05, 4.69) is 12.2 Å². The number of ether oxygens (including phenoxy) is 1. The second-order valence-electron chi connectivity index (χ2n) is 7.14. The molecule has 30 heavy (non-hydrogen) atoms. The van der Waals surface area contributed by atoms with Crippen LogP contribution in [-0.2, 0) is 9.53 Å². The van der Waals surface area contributed by atoms with E-state index >= 15 is 0 Å². The summed E-state index contributed by atoms with van der Waals surface area (Å²) < 4.78 is 4.89. The number of carboxylic acid groups (broad SMARTS) is 1. The predicted octanol–water partition coefficient (Wildman–Crippen LogP) is 5.07. The van der Waals surface area contributed by atoms with Crippen molar-refractivity contribution in [2.45, 2.75) is 33.1 Å². The molecule has 2 rings (SSSR count). The number of carbonyl (C=O) groups excluding carboxylic acids is 1. The topological polar surface area (TPSA) is 78.9 Å². The molecule has 0 aliphatic heterocycles. The molecular formula is C24H30N2O4. The fraction of sp³-hybridized carbons (Fsp3) is 0.333. The van der Waals surface area contributed by atoms with Crippen LogP contribution >= 0.6 is 0 Å². The summed E-state index contributed by atoms with van der Waals surface area (Å²) in [5.74, 6) is -1.22. The van der Waals surface area contributed by atoms with Crippen LogP contribution in [0.25, 0.3) is 17.2 Å². The molecule has 0 saturated heterocycles. The van der Waals surface area contributed by atoms with Crippen LogP contribution in [0.4, 0.5) is 10.5 Å². The molecule has 0 aliphatic carbocycles. The number of hydrogen-bond acceptors (Lipinski definition) is 3. The van der Waals surface area contributed by atoms with Gasteiger partial charge in [-0.3, -0.25) is 4.90 Å². The van der Waals surface area contributed by atoms with Gasteiger partial charge < -0.3 is 15.2 Å². The van der Waals surface area contributed by atoms with Crippen LogP contribution in [0, 0.1) is 6.92 Å². The fourth-order valence-corrected chi connectivity index (χ4v) is 3.15. The predicted molar refractivity (Wildman–Crippen MR) is 121 cm³/mol. The van der Waals surface area contributed by atoms with Crippen LogP contribution < -0.4 is 10.2 Å². The van der Waals surface area contributed by atoms with Gasteiger partial charge in [-0.15, -0.1) is 0 Å². The van der Waals surface area contributed by atoms with Gasteiger partial charge in [0.1, 0.15) is 0 Å². The van der Waals surface area contributed by atoms with E-state index in [0.29, 0.717) is 6.54 Å². The number of carbonyl (C=O) groups is 2. The minimum absolute atomic E-state index is 0.115. The van der Waals surface area contributed by atoms with Crippen molar-refractivity contribution in [1.82, 2.24) is 5.32 Å². The van der Waals surface area contributed by atoms with Crippen molar-refractivity contribution < 1.29 is 19.4 Å². The summed E-state index contributed by atoms with van der Waals surface area (Å²) >= 11 is 0.